The molecule has 0 saturated heterocycles. The van der Waals surface area contributed by atoms with Crippen LogP contribution in [-0.2, 0) is 6.54 Å². The van der Waals surface area contributed by atoms with Crippen molar-refractivity contribution < 1.29 is 14.6 Å². The van der Waals surface area contributed by atoms with Crippen LogP contribution in [0, 0.1) is 12.8 Å². The van der Waals surface area contributed by atoms with Gasteiger partial charge in [0.1, 0.15) is 5.01 Å². The Morgan fingerprint density at radius 1 is 1.31 bits per heavy atom. The summed E-state index contributed by atoms with van der Waals surface area (Å²) in [6, 6.07) is 5.52. The number of aromatic nitrogens is 3. The predicted octanol–water partition coefficient (Wildman–Crippen LogP) is 5.27. The van der Waals surface area contributed by atoms with Gasteiger partial charge in [0, 0.05) is 35.4 Å². The average molecular weight is 412 g/mol. The largest absolute Gasteiger partial charge is 0.481 e. The number of rotatable bonds is 6. The Morgan fingerprint density at radius 2 is 2.10 bits per heavy atom. The van der Waals surface area contributed by atoms with Crippen LogP contribution in [0.5, 0.6) is 5.88 Å². The highest BCUT2D eigenvalue weighted by Gasteiger charge is 2.23. The summed E-state index contributed by atoms with van der Waals surface area (Å²) in [4.78, 5) is 20.8. The molecule has 1 N–H and O–H groups in total. The molecule has 0 aliphatic heterocycles. The number of carboxylic acid groups (broad SMARTS) is 1. The maximum atomic E-state index is 11.7. The topological polar surface area (TPSA) is 77.2 Å². The van der Waals surface area contributed by atoms with E-state index in [9.17, 15) is 9.90 Å². The first kappa shape index (κ1) is 19.6. The van der Waals surface area contributed by atoms with Crippen LogP contribution in [-0.4, -0.2) is 32.7 Å². The molecule has 0 bridgehead atoms. The number of carboxylic acids is 1. The summed E-state index contributed by atoms with van der Waals surface area (Å²) in [6.45, 7) is 2.75. The van der Waals surface area contributed by atoms with Crippen LogP contribution in [0.15, 0.2) is 29.8 Å². The molecule has 7 heteroatoms. The highest BCUT2D eigenvalue weighted by molar-refractivity contribution is 7.13. The van der Waals surface area contributed by atoms with Crippen LogP contribution in [0.3, 0.4) is 0 Å². The minimum Gasteiger partial charge on any atom is -0.481 e. The van der Waals surface area contributed by atoms with E-state index in [0.29, 0.717) is 17.4 Å². The number of aromatic carboxylic acids is 1. The van der Waals surface area contributed by atoms with Crippen molar-refractivity contribution in [2.75, 3.05) is 7.11 Å². The molecule has 0 atom stereocenters. The summed E-state index contributed by atoms with van der Waals surface area (Å²) in [5, 5.41) is 12.5. The van der Waals surface area contributed by atoms with Crippen molar-refractivity contribution in [2.24, 2.45) is 5.92 Å². The molecular weight excluding hydrogens is 386 g/mol. The molecule has 29 heavy (non-hydrogen) atoms. The van der Waals surface area contributed by atoms with E-state index in [1.165, 1.54) is 43.4 Å². The van der Waals surface area contributed by atoms with E-state index in [1.54, 1.807) is 19.4 Å². The third-order valence-electron chi connectivity index (χ3n) is 5.72. The lowest BCUT2D eigenvalue weighted by Crippen LogP contribution is -2.16. The van der Waals surface area contributed by atoms with Crippen LogP contribution in [0.4, 0.5) is 0 Å². The summed E-state index contributed by atoms with van der Waals surface area (Å²) >= 11 is 1.54. The van der Waals surface area contributed by atoms with Gasteiger partial charge in [-0.25, -0.2) is 14.8 Å². The SMILES string of the molecule is COc1ccc(-c2nc(-c3cc(C(=O)O)c(C)n3CC3CCCCC3)cs2)cn1. The zero-order valence-corrected chi connectivity index (χ0v) is 17.5. The van der Waals surface area contributed by atoms with E-state index in [0.717, 1.165) is 34.2 Å². The van der Waals surface area contributed by atoms with Gasteiger partial charge in [0.05, 0.1) is 24.1 Å². The molecule has 0 radical (unpaired) electrons. The second-order valence-electron chi connectivity index (χ2n) is 7.58. The first-order valence-electron chi connectivity index (χ1n) is 9.96. The van der Waals surface area contributed by atoms with Crippen molar-refractivity contribution in [3.8, 4) is 27.8 Å². The Kier molecular flexibility index (Phi) is 5.67. The van der Waals surface area contributed by atoms with Gasteiger partial charge in [0.15, 0.2) is 0 Å². The van der Waals surface area contributed by atoms with Gasteiger partial charge in [-0.2, -0.15) is 0 Å². The molecule has 6 nitrogen and oxygen atoms in total. The number of thiazole rings is 1. The van der Waals surface area contributed by atoms with Crippen molar-refractivity contribution >= 4 is 17.3 Å². The monoisotopic (exact) mass is 411 g/mol. The number of methoxy groups -OCH3 is 1. The van der Waals surface area contributed by atoms with Gasteiger partial charge >= 0.3 is 5.97 Å². The summed E-state index contributed by atoms with van der Waals surface area (Å²) in [5.41, 5.74) is 3.78. The molecule has 3 aromatic heterocycles. The molecule has 1 fully saturated rings. The molecule has 1 aliphatic carbocycles. The van der Waals surface area contributed by atoms with E-state index < -0.39 is 5.97 Å². The van der Waals surface area contributed by atoms with Gasteiger partial charge in [-0.15, -0.1) is 11.3 Å². The minimum atomic E-state index is -0.888. The molecule has 0 aromatic carbocycles. The highest BCUT2D eigenvalue weighted by atomic mass is 32.1. The van der Waals surface area contributed by atoms with Crippen molar-refractivity contribution in [3.05, 3.63) is 41.0 Å². The van der Waals surface area contributed by atoms with Gasteiger partial charge in [-0.1, -0.05) is 19.3 Å². The van der Waals surface area contributed by atoms with Gasteiger partial charge in [0.25, 0.3) is 0 Å². The van der Waals surface area contributed by atoms with Gasteiger partial charge < -0.3 is 14.4 Å². The van der Waals surface area contributed by atoms with E-state index in [2.05, 4.69) is 9.55 Å². The molecular formula is C22H25N3O3S. The van der Waals surface area contributed by atoms with E-state index in [4.69, 9.17) is 9.72 Å². The van der Waals surface area contributed by atoms with Gasteiger partial charge in [-0.05, 0) is 37.8 Å². The maximum absolute atomic E-state index is 11.7. The lowest BCUT2D eigenvalue weighted by Gasteiger charge is -2.24. The predicted molar refractivity (Wildman–Crippen MR) is 114 cm³/mol. The van der Waals surface area contributed by atoms with Crippen LogP contribution < -0.4 is 4.74 Å². The van der Waals surface area contributed by atoms with Crippen LogP contribution in [0.25, 0.3) is 22.0 Å². The maximum Gasteiger partial charge on any atom is 0.337 e. The quantitative estimate of drug-likeness (QED) is 0.598. The minimum absolute atomic E-state index is 0.358. The Hall–Kier alpha value is -2.67. The summed E-state index contributed by atoms with van der Waals surface area (Å²) in [6.07, 6.45) is 7.99. The third-order valence-corrected chi connectivity index (χ3v) is 6.61. The molecule has 0 amide bonds. The lowest BCUT2D eigenvalue weighted by atomic mass is 9.89. The Balaban J connectivity index is 1.69. The number of carbonyl (C=O) groups is 1. The van der Waals surface area contributed by atoms with E-state index in [-0.39, 0.29) is 0 Å². The zero-order chi connectivity index (χ0) is 20.4. The molecule has 3 aromatic rings. The zero-order valence-electron chi connectivity index (χ0n) is 16.7. The summed E-state index contributed by atoms with van der Waals surface area (Å²) in [7, 11) is 1.59. The molecule has 1 aliphatic rings. The van der Waals surface area contributed by atoms with Crippen molar-refractivity contribution in [3.63, 3.8) is 0 Å². The lowest BCUT2D eigenvalue weighted by molar-refractivity contribution is 0.0696. The van der Waals surface area contributed by atoms with Crippen molar-refractivity contribution in [1.29, 1.82) is 0 Å². The number of hydrogen-bond donors (Lipinski definition) is 1. The van der Waals surface area contributed by atoms with Gasteiger partial charge in [-0.3, -0.25) is 0 Å². The first-order chi connectivity index (χ1) is 14.1. The van der Waals surface area contributed by atoms with Crippen molar-refractivity contribution in [2.45, 2.75) is 45.6 Å². The Morgan fingerprint density at radius 3 is 2.76 bits per heavy atom. The number of nitrogens with zero attached hydrogens (tertiary/aromatic N) is 3. The number of pyridine rings is 1. The van der Waals surface area contributed by atoms with Crippen molar-refractivity contribution in [1.82, 2.24) is 14.5 Å². The van der Waals surface area contributed by atoms with Gasteiger partial charge in [0.2, 0.25) is 5.88 Å². The van der Waals surface area contributed by atoms with Crippen LogP contribution >= 0.6 is 11.3 Å². The standard InChI is InChI=1S/C22H25N3O3S/c1-14-17(22(26)27)10-19(25(14)12-15-6-4-3-5-7-15)18-13-29-21(24-18)16-8-9-20(28-2)23-11-16/h8-11,13,15H,3-7,12H2,1-2H3,(H,26,27). The molecule has 4 rings (SSSR count). The first-order valence-corrected chi connectivity index (χ1v) is 10.8. The fourth-order valence-electron chi connectivity index (χ4n) is 4.09. The fourth-order valence-corrected chi connectivity index (χ4v) is 4.89. The summed E-state index contributed by atoms with van der Waals surface area (Å²) in [5.74, 6) is 0.272. The number of hydrogen-bond acceptors (Lipinski definition) is 5. The molecule has 3 heterocycles. The molecule has 152 valence electrons. The van der Waals surface area contributed by atoms with Crippen LogP contribution in [0.1, 0.15) is 48.2 Å². The van der Waals surface area contributed by atoms with E-state index >= 15 is 0 Å². The molecule has 1 saturated carbocycles. The fraction of sp³-hybridized carbons (Fsp3) is 0.409. The third kappa shape index (κ3) is 4.05. The molecule has 0 unspecified atom stereocenters. The second kappa shape index (κ2) is 8.37. The smallest absolute Gasteiger partial charge is 0.337 e. The normalized spacial score (nSPS) is 14.8. The highest BCUT2D eigenvalue weighted by Crippen LogP contribution is 2.34. The van der Waals surface area contributed by atoms with Crippen LogP contribution in [0.2, 0.25) is 0 Å². The van der Waals surface area contributed by atoms with E-state index in [1.807, 2.05) is 24.4 Å². The Labute approximate surface area is 174 Å². The summed E-state index contributed by atoms with van der Waals surface area (Å²) < 4.78 is 7.28. The number of ether oxygens (including phenoxy) is 1. The second-order valence-corrected chi connectivity index (χ2v) is 8.43. The Bertz CT molecular complexity index is 1000. The average Bonchev–Trinajstić information content (AvgIpc) is 3.34. The molecule has 0 spiro atoms.